The van der Waals surface area contributed by atoms with Gasteiger partial charge in [0.05, 0.1) is 6.61 Å². The third kappa shape index (κ3) is 1.81. The quantitative estimate of drug-likeness (QED) is 0.770. The summed E-state index contributed by atoms with van der Waals surface area (Å²) in [6, 6.07) is 9.89. The van der Waals surface area contributed by atoms with Gasteiger partial charge in [0, 0.05) is 11.0 Å². The lowest BCUT2D eigenvalue weighted by atomic mass is 9.70. The molecule has 78 valence electrons. The van der Waals surface area contributed by atoms with Crippen LogP contribution in [0.15, 0.2) is 30.3 Å². The van der Waals surface area contributed by atoms with E-state index in [0.29, 0.717) is 0 Å². The third-order valence-corrected chi connectivity index (χ3v) is 3.17. The maximum Gasteiger partial charge on any atom is 0.0502 e. The molecule has 0 spiro atoms. The summed E-state index contributed by atoms with van der Waals surface area (Å²) in [6.45, 7) is 5.98. The van der Waals surface area contributed by atoms with E-state index in [4.69, 9.17) is 5.73 Å². The predicted molar refractivity (Wildman–Crippen MR) is 58.8 cm³/mol. The molecular weight excluding hydrogens is 174 g/mol. The molecule has 0 aromatic heterocycles. The van der Waals surface area contributed by atoms with Crippen LogP contribution < -0.4 is 5.73 Å². The fraction of sp³-hybridized carbons (Fsp3) is 0.500. The van der Waals surface area contributed by atoms with Gasteiger partial charge in [-0.1, -0.05) is 44.2 Å². The molecular formula is C12H19NO. The van der Waals surface area contributed by atoms with Gasteiger partial charge in [-0.3, -0.25) is 0 Å². The van der Waals surface area contributed by atoms with Gasteiger partial charge in [0.25, 0.3) is 0 Å². The van der Waals surface area contributed by atoms with Crippen molar-refractivity contribution in [3.63, 3.8) is 0 Å². The Labute approximate surface area is 85.8 Å². The Morgan fingerprint density at radius 3 is 2.07 bits per heavy atom. The van der Waals surface area contributed by atoms with Gasteiger partial charge in [-0.25, -0.2) is 0 Å². The second-order valence-electron chi connectivity index (χ2n) is 4.61. The second-order valence-corrected chi connectivity index (χ2v) is 4.61. The van der Waals surface area contributed by atoms with Crippen LogP contribution in [-0.4, -0.2) is 11.7 Å². The first-order valence-corrected chi connectivity index (χ1v) is 4.87. The Balaban J connectivity index is 3.08. The van der Waals surface area contributed by atoms with Gasteiger partial charge in [-0.05, 0) is 12.5 Å². The standard InChI is InChI=1S/C12H19NO/c1-11(2,9-14)12(3,13)10-7-5-4-6-8-10/h4-8,14H,9,13H2,1-3H3/t12-/m0/s1. The maximum absolute atomic E-state index is 9.31. The monoisotopic (exact) mass is 193 g/mol. The Kier molecular flexibility index (Phi) is 2.98. The number of nitrogens with two attached hydrogens (primary N) is 1. The van der Waals surface area contributed by atoms with Crippen LogP contribution in [0.1, 0.15) is 26.3 Å². The molecule has 1 aromatic rings. The number of aliphatic hydroxyl groups is 1. The molecule has 0 saturated heterocycles. The van der Waals surface area contributed by atoms with Gasteiger partial charge in [0.1, 0.15) is 0 Å². The molecule has 2 heteroatoms. The number of hydrogen-bond donors (Lipinski definition) is 2. The predicted octanol–water partition coefficient (Wildman–Crippen LogP) is 1.88. The smallest absolute Gasteiger partial charge is 0.0502 e. The zero-order valence-electron chi connectivity index (χ0n) is 9.12. The van der Waals surface area contributed by atoms with Crippen LogP contribution in [0, 0.1) is 5.41 Å². The first-order valence-electron chi connectivity index (χ1n) is 4.87. The van der Waals surface area contributed by atoms with Crippen LogP contribution in [0.3, 0.4) is 0 Å². The molecule has 0 fully saturated rings. The van der Waals surface area contributed by atoms with Crippen molar-refractivity contribution < 1.29 is 5.11 Å². The lowest BCUT2D eigenvalue weighted by molar-refractivity contribution is 0.0811. The molecule has 1 atom stereocenters. The van der Waals surface area contributed by atoms with Crippen molar-refractivity contribution in [1.29, 1.82) is 0 Å². The molecule has 1 rings (SSSR count). The summed E-state index contributed by atoms with van der Waals surface area (Å²) < 4.78 is 0. The van der Waals surface area contributed by atoms with Gasteiger partial charge in [-0.15, -0.1) is 0 Å². The average molecular weight is 193 g/mol. The summed E-state index contributed by atoms with van der Waals surface area (Å²) in [7, 11) is 0. The summed E-state index contributed by atoms with van der Waals surface area (Å²) in [6.07, 6.45) is 0. The highest BCUT2D eigenvalue weighted by Crippen LogP contribution is 2.36. The largest absolute Gasteiger partial charge is 0.396 e. The Hall–Kier alpha value is -0.860. The minimum absolute atomic E-state index is 0.0783. The molecule has 0 aliphatic heterocycles. The molecule has 0 heterocycles. The van der Waals surface area contributed by atoms with Crippen LogP contribution in [0.25, 0.3) is 0 Å². The van der Waals surface area contributed by atoms with Gasteiger partial charge in [0.15, 0.2) is 0 Å². The van der Waals surface area contributed by atoms with Crippen molar-refractivity contribution in [2.24, 2.45) is 11.1 Å². The summed E-state index contributed by atoms with van der Waals surface area (Å²) in [4.78, 5) is 0. The highest BCUT2D eigenvalue weighted by Gasteiger charge is 2.38. The average Bonchev–Trinajstić information content (AvgIpc) is 2.19. The molecule has 0 aliphatic carbocycles. The van der Waals surface area contributed by atoms with Gasteiger partial charge in [0.2, 0.25) is 0 Å². The molecule has 0 radical (unpaired) electrons. The van der Waals surface area contributed by atoms with Crippen molar-refractivity contribution >= 4 is 0 Å². The van der Waals surface area contributed by atoms with E-state index in [1.54, 1.807) is 0 Å². The zero-order chi connectivity index (χ0) is 10.8. The number of hydrogen-bond acceptors (Lipinski definition) is 2. The highest BCUT2D eigenvalue weighted by molar-refractivity contribution is 5.25. The fourth-order valence-corrected chi connectivity index (χ4v) is 1.34. The second kappa shape index (κ2) is 3.71. The van der Waals surface area contributed by atoms with Gasteiger partial charge in [-0.2, -0.15) is 0 Å². The Morgan fingerprint density at radius 2 is 1.64 bits per heavy atom. The molecule has 1 aromatic carbocycles. The van der Waals surface area contributed by atoms with Crippen molar-refractivity contribution in [1.82, 2.24) is 0 Å². The fourth-order valence-electron chi connectivity index (χ4n) is 1.34. The Morgan fingerprint density at radius 1 is 1.14 bits per heavy atom. The Bertz CT molecular complexity index is 290. The van der Waals surface area contributed by atoms with Crippen LogP contribution in [0.4, 0.5) is 0 Å². The SMILES string of the molecule is CC(C)(CO)[C@@](C)(N)c1ccccc1. The summed E-state index contributed by atoms with van der Waals surface area (Å²) >= 11 is 0. The van der Waals surface area contributed by atoms with Crippen LogP contribution in [0.2, 0.25) is 0 Å². The lowest BCUT2D eigenvalue weighted by Gasteiger charge is -2.40. The van der Waals surface area contributed by atoms with Crippen molar-refractivity contribution in [2.75, 3.05) is 6.61 Å². The van der Waals surface area contributed by atoms with Gasteiger partial charge < -0.3 is 10.8 Å². The maximum atomic E-state index is 9.31. The first-order chi connectivity index (χ1) is 6.42. The zero-order valence-corrected chi connectivity index (χ0v) is 9.12. The number of aliphatic hydroxyl groups excluding tert-OH is 1. The van der Waals surface area contributed by atoms with E-state index in [2.05, 4.69) is 0 Å². The van der Waals surface area contributed by atoms with Crippen LogP contribution in [0.5, 0.6) is 0 Å². The van der Waals surface area contributed by atoms with Crippen molar-refractivity contribution in [2.45, 2.75) is 26.3 Å². The van der Waals surface area contributed by atoms with Crippen LogP contribution >= 0.6 is 0 Å². The molecule has 14 heavy (non-hydrogen) atoms. The minimum Gasteiger partial charge on any atom is -0.396 e. The molecule has 2 nitrogen and oxygen atoms in total. The van der Waals surface area contributed by atoms with E-state index in [1.807, 2.05) is 51.1 Å². The molecule has 0 aliphatic rings. The molecule has 0 bridgehead atoms. The molecule has 3 N–H and O–H groups in total. The van der Waals surface area contributed by atoms with E-state index in [1.165, 1.54) is 0 Å². The van der Waals surface area contributed by atoms with E-state index >= 15 is 0 Å². The van der Waals surface area contributed by atoms with E-state index < -0.39 is 5.54 Å². The normalized spacial score (nSPS) is 16.4. The molecule has 0 unspecified atom stereocenters. The molecule has 0 saturated carbocycles. The number of rotatable bonds is 3. The van der Waals surface area contributed by atoms with Crippen molar-refractivity contribution in [3.05, 3.63) is 35.9 Å². The number of benzene rings is 1. The third-order valence-electron chi connectivity index (χ3n) is 3.17. The van der Waals surface area contributed by atoms with Gasteiger partial charge >= 0.3 is 0 Å². The van der Waals surface area contributed by atoms with E-state index in [9.17, 15) is 5.11 Å². The first kappa shape index (κ1) is 11.2. The summed E-state index contributed by atoms with van der Waals surface area (Å²) in [5.41, 5.74) is 6.49. The topological polar surface area (TPSA) is 46.2 Å². The van der Waals surface area contributed by atoms with E-state index in [0.717, 1.165) is 5.56 Å². The molecule has 0 amide bonds. The van der Waals surface area contributed by atoms with E-state index in [-0.39, 0.29) is 12.0 Å². The van der Waals surface area contributed by atoms with Crippen LogP contribution in [-0.2, 0) is 5.54 Å². The summed E-state index contributed by atoms with van der Waals surface area (Å²) in [5, 5.41) is 9.31. The lowest BCUT2D eigenvalue weighted by Crippen LogP contribution is -2.49. The summed E-state index contributed by atoms with van der Waals surface area (Å²) in [5.74, 6) is 0. The minimum atomic E-state index is -0.511. The highest BCUT2D eigenvalue weighted by atomic mass is 16.3. The van der Waals surface area contributed by atoms with Crippen molar-refractivity contribution in [3.8, 4) is 0 Å².